The molecule has 0 bridgehead atoms. The number of hydrogen-bond acceptors (Lipinski definition) is 4. The summed E-state index contributed by atoms with van der Waals surface area (Å²) in [5, 5.41) is 0. The van der Waals surface area contributed by atoms with E-state index in [1.165, 1.54) is 12.1 Å². The Morgan fingerprint density at radius 2 is 2.00 bits per heavy atom. The molecular weight excluding hydrogens is 325 g/mol. The van der Waals surface area contributed by atoms with Crippen molar-refractivity contribution in [1.82, 2.24) is 0 Å². The highest BCUT2D eigenvalue weighted by Gasteiger charge is 2.16. The minimum atomic E-state index is -0.713. The normalized spacial score (nSPS) is 10.0. The lowest BCUT2D eigenvalue weighted by atomic mass is 10.2. The molecule has 0 amide bonds. The smallest absolute Gasteiger partial charge is 0.344 e. The van der Waals surface area contributed by atoms with E-state index < -0.39 is 11.8 Å². The minimum absolute atomic E-state index is 0.0112. The predicted molar refractivity (Wildman–Crippen MR) is 90.8 cm³/mol. The fourth-order valence-electron chi connectivity index (χ4n) is 2.18. The number of nitrogens with zero attached hydrogens (tertiary/aromatic N) is 1. The van der Waals surface area contributed by atoms with Gasteiger partial charge in [0.2, 0.25) is 5.82 Å². The summed E-state index contributed by atoms with van der Waals surface area (Å²) in [6.07, 6.45) is 0. The van der Waals surface area contributed by atoms with Crippen molar-refractivity contribution >= 4 is 11.7 Å². The van der Waals surface area contributed by atoms with E-state index in [4.69, 9.17) is 20.8 Å². The molecular formula is C19H18FNO4. The fourth-order valence-corrected chi connectivity index (χ4v) is 2.18. The Morgan fingerprint density at radius 3 is 2.68 bits per heavy atom. The van der Waals surface area contributed by atoms with Crippen LogP contribution in [0.15, 0.2) is 30.3 Å². The molecule has 0 fully saturated rings. The molecule has 0 spiro atoms. The first kappa shape index (κ1) is 18.3. The molecule has 0 heterocycles. The number of carbonyl (C=O) groups is 1. The fraction of sp³-hybridized carbons (Fsp3) is 0.263. The van der Waals surface area contributed by atoms with Crippen LogP contribution in [-0.2, 0) is 9.53 Å². The maximum atomic E-state index is 14.7. The molecule has 0 aliphatic rings. The van der Waals surface area contributed by atoms with Crippen LogP contribution < -0.4 is 9.47 Å². The molecule has 5 nitrogen and oxygen atoms in total. The molecule has 25 heavy (non-hydrogen) atoms. The summed E-state index contributed by atoms with van der Waals surface area (Å²) in [6, 6.07) is 8.01. The summed E-state index contributed by atoms with van der Waals surface area (Å²) in [6.45, 7) is 12.1. The Balaban J connectivity index is 2.26. The zero-order valence-electron chi connectivity index (χ0n) is 14.3. The van der Waals surface area contributed by atoms with Gasteiger partial charge in [-0.15, -0.1) is 0 Å². The highest BCUT2D eigenvalue weighted by Crippen LogP contribution is 2.35. The molecule has 0 unspecified atom stereocenters. The Hall–Kier alpha value is -3.07. The number of carbonyl (C=O) groups excluding carboxylic acids is 1. The Labute approximate surface area is 145 Å². The van der Waals surface area contributed by atoms with E-state index in [0.717, 1.165) is 5.56 Å². The first-order valence-electron chi connectivity index (χ1n) is 7.69. The quantitative estimate of drug-likeness (QED) is 0.562. The van der Waals surface area contributed by atoms with Gasteiger partial charge < -0.3 is 14.2 Å². The minimum Gasteiger partial charge on any atom is -0.479 e. The first-order valence-corrected chi connectivity index (χ1v) is 7.69. The summed E-state index contributed by atoms with van der Waals surface area (Å²) in [4.78, 5) is 14.7. The Bertz CT molecular complexity index is 827. The monoisotopic (exact) mass is 343 g/mol. The molecule has 0 aromatic heterocycles. The van der Waals surface area contributed by atoms with Crippen molar-refractivity contribution in [1.29, 1.82) is 0 Å². The van der Waals surface area contributed by atoms with Gasteiger partial charge >= 0.3 is 5.97 Å². The summed E-state index contributed by atoms with van der Waals surface area (Å²) in [5.41, 5.74) is 1.80. The van der Waals surface area contributed by atoms with Crippen molar-refractivity contribution in [2.24, 2.45) is 0 Å². The van der Waals surface area contributed by atoms with Crippen LogP contribution in [0.2, 0.25) is 0 Å². The molecule has 6 heteroatoms. The lowest BCUT2D eigenvalue weighted by Crippen LogP contribution is -2.15. The van der Waals surface area contributed by atoms with Crippen molar-refractivity contribution < 1.29 is 23.4 Å². The number of esters is 1. The van der Waals surface area contributed by atoms with Crippen LogP contribution in [0.4, 0.5) is 10.1 Å². The van der Waals surface area contributed by atoms with Crippen molar-refractivity contribution in [3.05, 3.63) is 58.7 Å². The van der Waals surface area contributed by atoms with Crippen LogP contribution in [0.25, 0.3) is 4.85 Å². The Morgan fingerprint density at radius 1 is 1.24 bits per heavy atom. The first-order chi connectivity index (χ1) is 11.9. The number of halogens is 1. The second kappa shape index (κ2) is 8.15. The van der Waals surface area contributed by atoms with Crippen molar-refractivity contribution in [2.75, 3.05) is 13.2 Å². The summed E-state index contributed by atoms with van der Waals surface area (Å²) >= 11 is 0. The standard InChI is InChI=1S/C19H18FNO4/c1-5-23-17(22)11-24-16-7-6-13(3)19(18(16)20)25-15-9-12(2)8-14(10-15)21-4/h6-10H,5,11H2,1-3H3. The van der Waals surface area contributed by atoms with E-state index in [1.54, 1.807) is 32.0 Å². The summed E-state index contributed by atoms with van der Waals surface area (Å²) in [7, 11) is 0. The van der Waals surface area contributed by atoms with E-state index in [9.17, 15) is 9.18 Å². The van der Waals surface area contributed by atoms with Crippen LogP contribution in [0.5, 0.6) is 17.2 Å². The van der Waals surface area contributed by atoms with Gasteiger partial charge in [0.15, 0.2) is 23.8 Å². The third-order valence-corrected chi connectivity index (χ3v) is 3.29. The van der Waals surface area contributed by atoms with Gasteiger partial charge in [-0.3, -0.25) is 0 Å². The molecule has 2 aromatic rings. The Kier molecular flexibility index (Phi) is 5.96. The summed E-state index contributed by atoms with van der Waals surface area (Å²) < 4.78 is 30.2. The predicted octanol–water partition coefficient (Wildman–Crippen LogP) is 4.73. The average Bonchev–Trinajstić information content (AvgIpc) is 2.57. The molecule has 130 valence electrons. The van der Waals surface area contributed by atoms with Crippen LogP contribution in [0.3, 0.4) is 0 Å². The number of ether oxygens (including phenoxy) is 3. The van der Waals surface area contributed by atoms with E-state index in [0.29, 0.717) is 17.0 Å². The van der Waals surface area contributed by atoms with Gasteiger partial charge in [0.1, 0.15) is 5.75 Å². The van der Waals surface area contributed by atoms with Crippen LogP contribution >= 0.6 is 0 Å². The number of aryl methyl sites for hydroxylation is 2. The highest BCUT2D eigenvalue weighted by atomic mass is 19.1. The largest absolute Gasteiger partial charge is 0.479 e. The van der Waals surface area contributed by atoms with Gasteiger partial charge in [-0.25, -0.2) is 9.64 Å². The van der Waals surface area contributed by atoms with Crippen molar-refractivity contribution in [3.63, 3.8) is 0 Å². The van der Waals surface area contributed by atoms with Crippen molar-refractivity contribution in [2.45, 2.75) is 20.8 Å². The number of benzene rings is 2. The molecule has 0 aliphatic carbocycles. The van der Waals surface area contributed by atoms with Gasteiger partial charge in [0, 0.05) is 0 Å². The van der Waals surface area contributed by atoms with E-state index in [1.807, 2.05) is 6.92 Å². The molecule has 0 radical (unpaired) electrons. The second-order valence-corrected chi connectivity index (χ2v) is 5.34. The zero-order valence-corrected chi connectivity index (χ0v) is 14.3. The molecule has 0 atom stereocenters. The van der Waals surface area contributed by atoms with E-state index in [-0.39, 0.29) is 24.7 Å². The summed E-state index contributed by atoms with van der Waals surface area (Å²) in [5.74, 6) is -1.05. The number of rotatable bonds is 6. The SMILES string of the molecule is [C-]#[N+]c1cc(C)cc(Oc2c(C)ccc(OCC(=O)OCC)c2F)c1. The number of hydrogen-bond donors (Lipinski definition) is 0. The van der Waals surface area contributed by atoms with Gasteiger partial charge in [-0.05, 0) is 44.5 Å². The zero-order chi connectivity index (χ0) is 18.4. The molecule has 2 aromatic carbocycles. The molecule has 0 N–H and O–H groups in total. The maximum Gasteiger partial charge on any atom is 0.344 e. The van der Waals surface area contributed by atoms with Gasteiger partial charge in [0.25, 0.3) is 0 Å². The lowest BCUT2D eigenvalue weighted by molar-refractivity contribution is -0.145. The molecule has 0 saturated heterocycles. The van der Waals surface area contributed by atoms with Crippen LogP contribution in [-0.4, -0.2) is 19.2 Å². The lowest BCUT2D eigenvalue weighted by Gasteiger charge is -2.14. The molecule has 2 rings (SSSR count). The highest BCUT2D eigenvalue weighted by molar-refractivity contribution is 5.71. The van der Waals surface area contributed by atoms with Gasteiger partial charge in [-0.1, -0.05) is 17.7 Å². The third kappa shape index (κ3) is 4.70. The second-order valence-electron chi connectivity index (χ2n) is 5.34. The van der Waals surface area contributed by atoms with E-state index >= 15 is 0 Å². The third-order valence-electron chi connectivity index (χ3n) is 3.29. The van der Waals surface area contributed by atoms with E-state index in [2.05, 4.69) is 4.85 Å². The molecule has 0 saturated carbocycles. The van der Waals surface area contributed by atoms with Crippen molar-refractivity contribution in [3.8, 4) is 17.2 Å². The van der Waals surface area contributed by atoms with Gasteiger partial charge in [0.05, 0.1) is 13.2 Å². The molecule has 0 aliphatic heterocycles. The van der Waals surface area contributed by atoms with Gasteiger partial charge in [-0.2, -0.15) is 4.39 Å². The average molecular weight is 343 g/mol. The topological polar surface area (TPSA) is 49.1 Å². The van der Waals surface area contributed by atoms with Crippen LogP contribution in [0.1, 0.15) is 18.1 Å². The maximum absolute atomic E-state index is 14.7. The van der Waals surface area contributed by atoms with Crippen LogP contribution in [0, 0.1) is 26.2 Å².